The minimum atomic E-state index is -3.63. The van der Waals surface area contributed by atoms with Gasteiger partial charge in [0.05, 0.1) is 0 Å². The fourth-order valence-corrected chi connectivity index (χ4v) is 2.17. The molecule has 0 aliphatic heterocycles. The zero-order chi connectivity index (χ0) is 14.3. The zero-order valence-electron chi connectivity index (χ0n) is 10.8. The summed E-state index contributed by atoms with van der Waals surface area (Å²) in [5.74, 6) is 5.55. The molecule has 19 heavy (non-hydrogen) atoms. The van der Waals surface area contributed by atoms with Crippen molar-refractivity contribution >= 4 is 16.0 Å². The molecular weight excluding hydrogens is 266 g/mol. The highest BCUT2D eigenvalue weighted by Crippen LogP contribution is 2.07. The van der Waals surface area contributed by atoms with Gasteiger partial charge in [-0.25, -0.2) is 4.98 Å². The molecule has 0 unspecified atom stereocenters. The molecule has 0 bridgehead atoms. The Labute approximate surface area is 113 Å². The maximum absolute atomic E-state index is 11.7. The average molecular weight is 283 g/mol. The summed E-state index contributed by atoms with van der Waals surface area (Å²) in [6.07, 6.45) is 1.45. The monoisotopic (exact) mass is 283 g/mol. The predicted octanol–water partition coefficient (Wildman–Crippen LogP) is 0.328. The maximum atomic E-state index is 11.7. The molecule has 0 aromatic carbocycles. The fraction of sp³-hybridized carbons (Fsp3) is 0.417. The van der Waals surface area contributed by atoms with Gasteiger partial charge in [0, 0.05) is 18.3 Å². The first-order valence-electron chi connectivity index (χ1n) is 5.76. The van der Waals surface area contributed by atoms with E-state index in [0.29, 0.717) is 12.1 Å². The van der Waals surface area contributed by atoms with E-state index >= 15 is 0 Å². The van der Waals surface area contributed by atoms with Gasteiger partial charge < -0.3 is 5.11 Å². The first-order chi connectivity index (χ1) is 8.93. The van der Waals surface area contributed by atoms with E-state index in [1.54, 1.807) is 6.07 Å². The zero-order valence-corrected chi connectivity index (χ0v) is 11.7. The number of pyridine rings is 1. The molecule has 1 heterocycles. The van der Waals surface area contributed by atoms with Gasteiger partial charge >= 0.3 is 0 Å². The molecule has 0 aliphatic rings. The molecule has 1 aromatic heterocycles. The number of anilines is 1. The third kappa shape index (κ3) is 6.20. The highest BCUT2D eigenvalue weighted by atomic mass is 32.2. The number of hydrogen-bond acceptors (Lipinski definition) is 4. The van der Waals surface area contributed by atoms with Gasteiger partial charge in [0.25, 0.3) is 10.2 Å². The molecule has 0 saturated carbocycles. The molecule has 0 radical (unpaired) electrons. The lowest BCUT2D eigenvalue weighted by atomic mass is 10.2. The molecule has 104 valence electrons. The molecule has 0 spiro atoms. The number of nitrogens with one attached hydrogen (secondary N) is 2. The smallest absolute Gasteiger partial charge is 0.300 e. The third-order valence-corrected chi connectivity index (χ3v) is 3.02. The van der Waals surface area contributed by atoms with Crippen molar-refractivity contribution in [1.29, 1.82) is 0 Å². The molecule has 0 aliphatic carbocycles. The number of aromatic nitrogens is 1. The van der Waals surface area contributed by atoms with E-state index in [1.807, 2.05) is 13.8 Å². The highest BCUT2D eigenvalue weighted by molar-refractivity contribution is 7.90. The van der Waals surface area contributed by atoms with Gasteiger partial charge in [0.15, 0.2) is 0 Å². The predicted molar refractivity (Wildman–Crippen MR) is 73.6 cm³/mol. The van der Waals surface area contributed by atoms with Gasteiger partial charge in [0.1, 0.15) is 12.4 Å². The van der Waals surface area contributed by atoms with Crippen molar-refractivity contribution in [2.45, 2.75) is 13.8 Å². The van der Waals surface area contributed by atoms with Gasteiger partial charge in [-0.2, -0.15) is 13.1 Å². The van der Waals surface area contributed by atoms with E-state index in [-0.39, 0.29) is 18.3 Å². The molecule has 0 fully saturated rings. The minimum absolute atomic E-state index is 0.181. The maximum Gasteiger partial charge on any atom is 0.300 e. The molecule has 0 atom stereocenters. The lowest BCUT2D eigenvalue weighted by molar-refractivity contribution is 0.350. The van der Waals surface area contributed by atoms with Crippen molar-refractivity contribution < 1.29 is 13.5 Å². The summed E-state index contributed by atoms with van der Waals surface area (Å²) in [5, 5.41) is 8.59. The van der Waals surface area contributed by atoms with Crippen LogP contribution in [0.3, 0.4) is 0 Å². The van der Waals surface area contributed by atoms with E-state index in [4.69, 9.17) is 5.11 Å². The molecule has 6 nitrogen and oxygen atoms in total. The van der Waals surface area contributed by atoms with Crippen LogP contribution < -0.4 is 9.44 Å². The van der Waals surface area contributed by atoms with E-state index in [2.05, 4.69) is 26.3 Å². The van der Waals surface area contributed by atoms with Crippen molar-refractivity contribution in [1.82, 2.24) is 9.71 Å². The molecule has 1 aromatic rings. The highest BCUT2D eigenvalue weighted by Gasteiger charge is 2.10. The lowest BCUT2D eigenvalue weighted by Gasteiger charge is -2.10. The van der Waals surface area contributed by atoms with E-state index in [1.165, 1.54) is 12.3 Å². The Bertz CT molecular complexity index is 573. The summed E-state index contributed by atoms with van der Waals surface area (Å²) < 4.78 is 28.1. The summed E-state index contributed by atoms with van der Waals surface area (Å²) >= 11 is 0. The van der Waals surface area contributed by atoms with Gasteiger partial charge in [0.2, 0.25) is 0 Å². The Morgan fingerprint density at radius 1 is 1.47 bits per heavy atom. The molecule has 0 saturated heterocycles. The van der Waals surface area contributed by atoms with Crippen LogP contribution in [0.5, 0.6) is 0 Å². The third-order valence-electron chi connectivity index (χ3n) is 1.99. The van der Waals surface area contributed by atoms with E-state index in [9.17, 15) is 8.42 Å². The second kappa shape index (κ2) is 7.09. The Hall–Kier alpha value is -1.62. The Morgan fingerprint density at radius 2 is 2.21 bits per heavy atom. The van der Waals surface area contributed by atoms with Crippen molar-refractivity contribution in [3.8, 4) is 11.8 Å². The van der Waals surface area contributed by atoms with Crippen LogP contribution in [0.1, 0.15) is 19.4 Å². The second-order valence-electron chi connectivity index (χ2n) is 4.24. The second-order valence-corrected chi connectivity index (χ2v) is 5.74. The largest absolute Gasteiger partial charge is 0.384 e. The summed E-state index contributed by atoms with van der Waals surface area (Å²) in [5.41, 5.74) is 0.575. The van der Waals surface area contributed by atoms with Crippen molar-refractivity contribution in [2.24, 2.45) is 5.92 Å². The number of nitrogens with zero attached hydrogens (tertiary/aromatic N) is 1. The van der Waals surface area contributed by atoms with Gasteiger partial charge in [-0.05, 0) is 18.1 Å². The molecule has 1 rings (SSSR count). The Morgan fingerprint density at radius 3 is 2.84 bits per heavy atom. The number of hydrogen-bond donors (Lipinski definition) is 3. The summed E-state index contributed by atoms with van der Waals surface area (Å²) in [4.78, 5) is 3.90. The quantitative estimate of drug-likeness (QED) is 0.679. The standard InChI is InChI=1S/C12H17N3O3S/c1-10(2)9-14-19(17,18)15-12-8-11(4-3-7-16)5-6-13-12/h5-6,8,10,14,16H,7,9H2,1-2H3,(H,13,15). The molecule has 3 N–H and O–H groups in total. The molecular formula is C12H17N3O3S. The average Bonchev–Trinajstić information content (AvgIpc) is 2.34. The Kier molecular flexibility index (Phi) is 5.76. The Balaban J connectivity index is 2.76. The van der Waals surface area contributed by atoms with Crippen LogP contribution in [0.4, 0.5) is 5.82 Å². The summed E-state index contributed by atoms with van der Waals surface area (Å²) in [7, 11) is -3.63. The van der Waals surface area contributed by atoms with Gasteiger partial charge in [-0.15, -0.1) is 0 Å². The lowest BCUT2D eigenvalue weighted by Crippen LogP contribution is -2.33. The van der Waals surface area contributed by atoms with Crippen LogP contribution in [0.2, 0.25) is 0 Å². The van der Waals surface area contributed by atoms with Crippen LogP contribution >= 0.6 is 0 Å². The van der Waals surface area contributed by atoms with Gasteiger partial charge in [-0.3, -0.25) is 4.72 Å². The van der Waals surface area contributed by atoms with Crippen molar-refractivity contribution in [3.63, 3.8) is 0 Å². The van der Waals surface area contributed by atoms with Crippen LogP contribution in [-0.4, -0.2) is 31.7 Å². The normalized spacial score (nSPS) is 10.9. The SMILES string of the molecule is CC(C)CNS(=O)(=O)Nc1cc(C#CCO)ccn1. The molecule has 7 heteroatoms. The number of rotatable bonds is 5. The first kappa shape index (κ1) is 15.4. The topological polar surface area (TPSA) is 91.3 Å². The minimum Gasteiger partial charge on any atom is -0.384 e. The summed E-state index contributed by atoms with van der Waals surface area (Å²) in [6, 6.07) is 3.12. The van der Waals surface area contributed by atoms with Crippen molar-refractivity contribution in [2.75, 3.05) is 17.9 Å². The van der Waals surface area contributed by atoms with E-state index in [0.717, 1.165) is 0 Å². The molecule has 0 amide bonds. The fourth-order valence-electron chi connectivity index (χ4n) is 1.16. The van der Waals surface area contributed by atoms with Gasteiger partial charge in [-0.1, -0.05) is 25.7 Å². The first-order valence-corrected chi connectivity index (χ1v) is 7.24. The van der Waals surface area contributed by atoms with Crippen LogP contribution in [0, 0.1) is 17.8 Å². The van der Waals surface area contributed by atoms with Crippen molar-refractivity contribution in [3.05, 3.63) is 23.9 Å². The van der Waals surface area contributed by atoms with Crippen LogP contribution in [0.25, 0.3) is 0 Å². The number of aliphatic hydroxyl groups excluding tert-OH is 1. The van der Waals surface area contributed by atoms with Crippen LogP contribution in [-0.2, 0) is 10.2 Å². The summed E-state index contributed by atoms with van der Waals surface area (Å²) in [6.45, 7) is 3.91. The van der Waals surface area contributed by atoms with Crippen LogP contribution in [0.15, 0.2) is 18.3 Å². The number of aliphatic hydroxyl groups is 1. The van der Waals surface area contributed by atoms with E-state index < -0.39 is 10.2 Å².